The Balaban J connectivity index is 1.90. The number of likely N-dealkylation sites (tertiary alicyclic amines) is 1. The number of nitrogens with zero attached hydrogens (tertiary/aromatic N) is 1. The first-order valence-corrected chi connectivity index (χ1v) is 6.52. The van der Waals surface area contributed by atoms with Gasteiger partial charge in [-0.3, -0.25) is 0 Å². The van der Waals surface area contributed by atoms with Gasteiger partial charge in [0.15, 0.2) is 0 Å². The van der Waals surface area contributed by atoms with Crippen LogP contribution < -0.4 is 0 Å². The van der Waals surface area contributed by atoms with E-state index in [1.807, 2.05) is 0 Å². The number of piperidine rings is 1. The molecule has 3 aliphatic rings. The second-order valence-electron chi connectivity index (χ2n) is 6.17. The zero-order valence-corrected chi connectivity index (χ0v) is 10.3. The maximum Gasteiger partial charge on any atom is 0.0129 e. The molecule has 0 radical (unpaired) electrons. The lowest BCUT2D eigenvalue weighted by molar-refractivity contribution is -0.0509. The van der Waals surface area contributed by atoms with Crippen LogP contribution in [0.2, 0.25) is 0 Å². The molecule has 4 unspecified atom stereocenters. The molecule has 3 rings (SSSR count). The average molecular weight is 205 g/mol. The molecule has 0 bridgehead atoms. The van der Waals surface area contributed by atoms with Crippen LogP contribution in [0.1, 0.15) is 39.5 Å². The van der Waals surface area contributed by atoms with Crippen LogP contribution in [-0.4, -0.2) is 24.5 Å². The lowest BCUT2D eigenvalue weighted by Gasteiger charge is -2.57. The van der Waals surface area contributed by atoms with Gasteiger partial charge in [-0.1, -0.05) is 18.6 Å². The van der Waals surface area contributed by atoms with Crippen LogP contribution in [0.5, 0.6) is 0 Å². The Bertz CT molecular complexity index is 306. The van der Waals surface area contributed by atoms with Crippen LogP contribution in [0, 0.1) is 17.3 Å². The molecule has 4 atom stereocenters. The zero-order chi connectivity index (χ0) is 10.6. The summed E-state index contributed by atoms with van der Waals surface area (Å²) in [6.45, 7) is 6.10. The number of allylic oxidation sites excluding steroid dienone is 2. The smallest absolute Gasteiger partial charge is 0.0129 e. The molecule has 1 saturated carbocycles. The monoisotopic (exact) mass is 205 g/mol. The van der Waals surface area contributed by atoms with Gasteiger partial charge < -0.3 is 4.90 Å². The number of hydrogen-bond donors (Lipinski definition) is 0. The molecule has 1 aliphatic heterocycles. The van der Waals surface area contributed by atoms with Crippen molar-refractivity contribution >= 4 is 0 Å². The zero-order valence-electron chi connectivity index (χ0n) is 10.3. The van der Waals surface area contributed by atoms with Gasteiger partial charge in [-0.15, -0.1) is 0 Å². The number of fused-ring (bicyclic) bond motifs is 2. The molecule has 0 amide bonds. The van der Waals surface area contributed by atoms with Crippen LogP contribution in [0.25, 0.3) is 0 Å². The van der Waals surface area contributed by atoms with Crippen molar-refractivity contribution in [1.82, 2.24) is 4.90 Å². The van der Waals surface area contributed by atoms with Gasteiger partial charge in [0.1, 0.15) is 0 Å². The highest BCUT2D eigenvalue weighted by atomic mass is 15.2. The fraction of sp³-hybridized carbons (Fsp3) is 0.857. The number of rotatable bonds is 0. The fourth-order valence-corrected chi connectivity index (χ4v) is 4.51. The first-order valence-electron chi connectivity index (χ1n) is 6.52. The van der Waals surface area contributed by atoms with Crippen LogP contribution in [-0.2, 0) is 0 Å². The van der Waals surface area contributed by atoms with E-state index in [2.05, 4.69) is 31.9 Å². The summed E-state index contributed by atoms with van der Waals surface area (Å²) < 4.78 is 0. The third-order valence-electron chi connectivity index (χ3n) is 5.43. The lowest BCUT2D eigenvalue weighted by atomic mass is 9.55. The molecule has 0 aromatic heterocycles. The average Bonchev–Trinajstić information content (AvgIpc) is 2.35. The van der Waals surface area contributed by atoms with E-state index in [1.54, 1.807) is 5.57 Å². The Morgan fingerprint density at radius 3 is 2.73 bits per heavy atom. The van der Waals surface area contributed by atoms with Gasteiger partial charge in [-0.2, -0.15) is 0 Å². The van der Waals surface area contributed by atoms with E-state index in [0.717, 1.165) is 17.9 Å². The molecular weight excluding hydrogens is 182 g/mol. The predicted molar refractivity (Wildman–Crippen MR) is 63.7 cm³/mol. The van der Waals surface area contributed by atoms with E-state index in [4.69, 9.17) is 0 Å². The Kier molecular flexibility index (Phi) is 2.04. The summed E-state index contributed by atoms with van der Waals surface area (Å²) in [5.41, 5.74) is 2.34. The fourth-order valence-electron chi connectivity index (χ4n) is 4.51. The molecule has 15 heavy (non-hydrogen) atoms. The minimum atomic E-state index is 0.620. The van der Waals surface area contributed by atoms with E-state index in [-0.39, 0.29) is 0 Å². The Morgan fingerprint density at radius 1 is 1.40 bits per heavy atom. The maximum atomic E-state index is 2.61. The van der Waals surface area contributed by atoms with E-state index in [9.17, 15) is 0 Å². The van der Waals surface area contributed by atoms with Gasteiger partial charge in [-0.25, -0.2) is 0 Å². The maximum absolute atomic E-state index is 2.61. The SMILES string of the molecule is CC1=CC(C)CC12CCN(C)C1CCC12. The first-order chi connectivity index (χ1) is 7.13. The summed E-state index contributed by atoms with van der Waals surface area (Å²) in [5, 5.41) is 0. The molecule has 84 valence electrons. The standard InChI is InChI=1S/C14H23N/c1-10-8-11(2)14(9-10)6-7-15(3)13-5-4-12(13)14/h8,10,12-13H,4-7,9H2,1-3H3. The molecule has 0 N–H and O–H groups in total. The van der Waals surface area contributed by atoms with Gasteiger partial charge in [0.25, 0.3) is 0 Å². The van der Waals surface area contributed by atoms with Gasteiger partial charge in [0.2, 0.25) is 0 Å². The second kappa shape index (κ2) is 3.10. The Hall–Kier alpha value is -0.300. The van der Waals surface area contributed by atoms with Crippen molar-refractivity contribution in [3.63, 3.8) is 0 Å². The van der Waals surface area contributed by atoms with Gasteiger partial charge in [-0.05, 0) is 63.5 Å². The number of hydrogen-bond acceptors (Lipinski definition) is 1. The summed E-state index contributed by atoms with van der Waals surface area (Å²) in [5.74, 6) is 1.81. The molecule has 0 aromatic carbocycles. The van der Waals surface area contributed by atoms with Gasteiger partial charge in [0.05, 0.1) is 0 Å². The van der Waals surface area contributed by atoms with E-state index >= 15 is 0 Å². The van der Waals surface area contributed by atoms with Crippen molar-refractivity contribution in [3.8, 4) is 0 Å². The summed E-state index contributed by atoms with van der Waals surface area (Å²) in [7, 11) is 2.32. The van der Waals surface area contributed by atoms with E-state index in [0.29, 0.717) is 5.41 Å². The molecule has 1 nitrogen and oxygen atoms in total. The Morgan fingerprint density at radius 2 is 2.20 bits per heavy atom. The van der Waals surface area contributed by atoms with Crippen molar-refractivity contribution in [3.05, 3.63) is 11.6 Å². The molecule has 1 heterocycles. The predicted octanol–water partition coefficient (Wildman–Crippen LogP) is 3.07. The third-order valence-corrected chi connectivity index (χ3v) is 5.43. The molecule has 2 aliphatic carbocycles. The Labute approximate surface area is 93.5 Å². The molecule has 1 saturated heterocycles. The van der Waals surface area contributed by atoms with Crippen molar-refractivity contribution in [2.45, 2.75) is 45.6 Å². The van der Waals surface area contributed by atoms with Crippen LogP contribution in [0.3, 0.4) is 0 Å². The summed E-state index contributed by atoms with van der Waals surface area (Å²) in [6, 6.07) is 0.910. The lowest BCUT2D eigenvalue weighted by Crippen LogP contribution is -2.58. The van der Waals surface area contributed by atoms with Crippen molar-refractivity contribution in [1.29, 1.82) is 0 Å². The quantitative estimate of drug-likeness (QED) is 0.549. The van der Waals surface area contributed by atoms with Gasteiger partial charge >= 0.3 is 0 Å². The summed E-state index contributed by atoms with van der Waals surface area (Å²) in [6.07, 6.45) is 8.32. The van der Waals surface area contributed by atoms with Crippen LogP contribution in [0.15, 0.2) is 11.6 Å². The first kappa shape index (κ1) is 9.89. The molecule has 1 heteroatoms. The third kappa shape index (κ3) is 1.19. The van der Waals surface area contributed by atoms with E-state index < -0.39 is 0 Å². The minimum Gasteiger partial charge on any atom is -0.303 e. The van der Waals surface area contributed by atoms with Crippen molar-refractivity contribution < 1.29 is 0 Å². The van der Waals surface area contributed by atoms with Crippen LogP contribution in [0.4, 0.5) is 0 Å². The highest BCUT2D eigenvalue weighted by Crippen LogP contribution is 2.59. The molecular formula is C14H23N. The molecule has 1 spiro atoms. The van der Waals surface area contributed by atoms with Crippen molar-refractivity contribution in [2.75, 3.05) is 13.6 Å². The second-order valence-corrected chi connectivity index (χ2v) is 6.17. The summed E-state index contributed by atoms with van der Waals surface area (Å²) >= 11 is 0. The van der Waals surface area contributed by atoms with Crippen molar-refractivity contribution in [2.24, 2.45) is 17.3 Å². The van der Waals surface area contributed by atoms with Crippen LogP contribution >= 0.6 is 0 Å². The largest absolute Gasteiger partial charge is 0.303 e. The summed E-state index contributed by atoms with van der Waals surface area (Å²) in [4.78, 5) is 2.61. The molecule has 0 aromatic rings. The van der Waals surface area contributed by atoms with E-state index in [1.165, 1.54) is 32.2 Å². The topological polar surface area (TPSA) is 3.24 Å². The normalized spacial score (nSPS) is 50.1. The highest BCUT2D eigenvalue weighted by Gasteiger charge is 2.54. The van der Waals surface area contributed by atoms with Gasteiger partial charge in [0, 0.05) is 6.04 Å². The highest BCUT2D eigenvalue weighted by molar-refractivity contribution is 5.26. The molecule has 2 fully saturated rings. The minimum absolute atomic E-state index is 0.620.